The van der Waals surface area contributed by atoms with Crippen LogP contribution in [0, 0.1) is 6.57 Å². The number of rotatable bonds is 0. The van der Waals surface area contributed by atoms with Crippen LogP contribution in [0.4, 0.5) is 5.82 Å². The first-order valence-corrected chi connectivity index (χ1v) is 5.40. The molecule has 0 amide bonds. The second-order valence-electron chi connectivity index (χ2n) is 3.25. The predicted molar refractivity (Wildman–Crippen MR) is 63.1 cm³/mol. The molecule has 0 aliphatic carbocycles. The summed E-state index contributed by atoms with van der Waals surface area (Å²) in [5.74, 6) is 0.312. The van der Waals surface area contributed by atoms with Crippen molar-refractivity contribution in [1.82, 2.24) is 9.38 Å². The van der Waals surface area contributed by atoms with Crippen LogP contribution < -0.4 is 5.56 Å². The van der Waals surface area contributed by atoms with Gasteiger partial charge in [-0.3, -0.25) is 4.79 Å². The summed E-state index contributed by atoms with van der Waals surface area (Å²) in [6.07, 6.45) is 0. The van der Waals surface area contributed by atoms with Gasteiger partial charge in [-0.05, 0) is 12.1 Å². The highest BCUT2D eigenvalue weighted by Gasteiger charge is 2.11. The van der Waals surface area contributed by atoms with E-state index >= 15 is 0 Å². The van der Waals surface area contributed by atoms with Crippen LogP contribution in [0.15, 0.2) is 35.1 Å². The molecule has 76 valence electrons. The second-order valence-corrected chi connectivity index (χ2v) is 4.26. The molecule has 0 saturated carbocycles. The Labute approximate surface area is 94.2 Å². The van der Waals surface area contributed by atoms with Crippen molar-refractivity contribution in [2.75, 3.05) is 0 Å². The molecular weight excluding hydrogens is 222 g/mol. The van der Waals surface area contributed by atoms with Gasteiger partial charge in [-0.25, -0.2) is 4.40 Å². The highest BCUT2D eigenvalue weighted by molar-refractivity contribution is 7.23. The molecule has 2 heterocycles. The number of fused-ring (bicyclic) bond motifs is 3. The van der Waals surface area contributed by atoms with E-state index in [-0.39, 0.29) is 5.56 Å². The fourth-order valence-electron chi connectivity index (χ4n) is 1.65. The maximum Gasteiger partial charge on any atom is 0.272 e. The lowest BCUT2D eigenvalue weighted by Crippen LogP contribution is -2.05. The summed E-state index contributed by atoms with van der Waals surface area (Å²) in [7, 11) is 0. The van der Waals surface area contributed by atoms with Crippen molar-refractivity contribution >= 4 is 32.3 Å². The molecule has 0 bridgehead atoms. The van der Waals surface area contributed by atoms with Crippen molar-refractivity contribution in [3.63, 3.8) is 0 Å². The summed E-state index contributed by atoms with van der Waals surface area (Å²) in [5.41, 5.74) is 0.554. The van der Waals surface area contributed by atoms with Crippen molar-refractivity contribution in [2.45, 2.75) is 0 Å². The maximum absolute atomic E-state index is 11.3. The molecule has 0 N–H and O–H groups in total. The normalized spacial score (nSPS) is 10.7. The average Bonchev–Trinajstić information content (AvgIpc) is 2.65. The molecule has 5 heteroatoms. The van der Waals surface area contributed by atoms with Crippen LogP contribution in [0.1, 0.15) is 0 Å². The summed E-state index contributed by atoms with van der Waals surface area (Å²) < 4.78 is 2.74. The lowest BCUT2D eigenvalue weighted by Gasteiger charge is -1.94. The van der Waals surface area contributed by atoms with Crippen LogP contribution in [-0.4, -0.2) is 9.38 Å². The number of hydrogen-bond donors (Lipinski definition) is 0. The smallest absolute Gasteiger partial charge is 0.272 e. The van der Waals surface area contributed by atoms with E-state index in [1.807, 2.05) is 24.3 Å². The van der Waals surface area contributed by atoms with E-state index in [0.29, 0.717) is 10.8 Å². The quantitative estimate of drug-likeness (QED) is 0.553. The van der Waals surface area contributed by atoms with Crippen molar-refractivity contribution in [3.05, 3.63) is 52.1 Å². The van der Waals surface area contributed by atoms with E-state index in [2.05, 4.69) is 9.83 Å². The van der Waals surface area contributed by atoms with Crippen molar-refractivity contribution < 1.29 is 0 Å². The maximum atomic E-state index is 11.3. The molecule has 0 spiro atoms. The van der Waals surface area contributed by atoms with E-state index in [9.17, 15) is 4.79 Å². The molecule has 1 aromatic carbocycles. The minimum Gasteiger partial charge on any atom is -0.364 e. The predicted octanol–water partition coefficient (Wildman–Crippen LogP) is 2.46. The highest BCUT2D eigenvalue weighted by atomic mass is 32.1. The van der Waals surface area contributed by atoms with Crippen LogP contribution in [0.3, 0.4) is 0 Å². The molecule has 0 unspecified atom stereocenters. The van der Waals surface area contributed by atoms with Crippen LogP contribution in [0.5, 0.6) is 0 Å². The standard InChI is InChI=1S/C11H5N3OS/c1-12-9-6-10(15)13-11-14(9)7-4-2-3-5-8(7)16-11/h2-6H. The molecule has 0 radical (unpaired) electrons. The van der Waals surface area contributed by atoms with E-state index < -0.39 is 0 Å². The zero-order valence-corrected chi connectivity index (χ0v) is 8.86. The number of thiazole rings is 1. The largest absolute Gasteiger partial charge is 0.364 e. The monoisotopic (exact) mass is 227 g/mol. The van der Waals surface area contributed by atoms with Gasteiger partial charge in [0.25, 0.3) is 10.5 Å². The topological polar surface area (TPSA) is 38.7 Å². The summed E-state index contributed by atoms with van der Waals surface area (Å²) >= 11 is 1.41. The van der Waals surface area contributed by atoms with Gasteiger partial charge in [0.2, 0.25) is 5.82 Å². The van der Waals surface area contributed by atoms with Gasteiger partial charge < -0.3 is 4.85 Å². The molecule has 0 saturated heterocycles. The molecule has 0 fully saturated rings. The summed E-state index contributed by atoms with van der Waals surface area (Å²) in [4.78, 5) is 19.1. The average molecular weight is 227 g/mol. The van der Waals surface area contributed by atoms with Crippen LogP contribution in [0.25, 0.3) is 20.0 Å². The lowest BCUT2D eigenvalue weighted by molar-refractivity contribution is 1.16. The van der Waals surface area contributed by atoms with Crippen LogP contribution in [-0.2, 0) is 0 Å². The number of para-hydroxylation sites is 1. The van der Waals surface area contributed by atoms with Crippen molar-refractivity contribution in [1.29, 1.82) is 0 Å². The molecule has 0 atom stereocenters. The van der Waals surface area contributed by atoms with E-state index in [0.717, 1.165) is 10.2 Å². The minimum atomic E-state index is -0.363. The highest BCUT2D eigenvalue weighted by Crippen LogP contribution is 2.27. The Morgan fingerprint density at radius 1 is 1.38 bits per heavy atom. The molecule has 0 aliphatic heterocycles. The van der Waals surface area contributed by atoms with Gasteiger partial charge in [-0.15, -0.1) is 0 Å². The van der Waals surface area contributed by atoms with Gasteiger partial charge in [0, 0.05) is 6.07 Å². The molecular formula is C11H5N3OS. The number of hydrogen-bond acceptors (Lipinski definition) is 3. The van der Waals surface area contributed by atoms with Gasteiger partial charge in [0.05, 0.1) is 4.70 Å². The first kappa shape index (κ1) is 9.07. The second kappa shape index (κ2) is 3.15. The third-order valence-corrected chi connectivity index (χ3v) is 3.32. The Bertz CT molecular complexity index is 794. The zero-order valence-electron chi connectivity index (χ0n) is 8.04. The summed E-state index contributed by atoms with van der Waals surface area (Å²) in [5, 5.41) is 0. The Hall–Kier alpha value is -2.19. The van der Waals surface area contributed by atoms with E-state index in [1.54, 1.807) is 4.40 Å². The van der Waals surface area contributed by atoms with Gasteiger partial charge >= 0.3 is 0 Å². The van der Waals surface area contributed by atoms with Gasteiger partial charge in [-0.2, -0.15) is 4.98 Å². The Morgan fingerprint density at radius 3 is 3.00 bits per heavy atom. The number of benzene rings is 1. The number of aromatic nitrogens is 2. The fraction of sp³-hybridized carbons (Fsp3) is 0. The molecule has 3 aromatic rings. The van der Waals surface area contributed by atoms with E-state index in [1.165, 1.54) is 17.4 Å². The van der Waals surface area contributed by atoms with Crippen molar-refractivity contribution in [3.8, 4) is 0 Å². The molecule has 2 aromatic heterocycles. The molecule has 3 rings (SSSR count). The third kappa shape index (κ3) is 1.14. The Balaban J connectivity index is 2.67. The van der Waals surface area contributed by atoms with E-state index in [4.69, 9.17) is 6.57 Å². The Kier molecular flexibility index (Phi) is 1.79. The number of nitrogens with zero attached hydrogens (tertiary/aromatic N) is 3. The first-order chi connectivity index (χ1) is 7.79. The Morgan fingerprint density at radius 2 is 2.19 bits per heavy atom. The van der Waals surface area contributed by atoms with Crippen molar-refractivity contribution in [2.24, 2.45) is 0 Å². The summed E-state index contributed by atoms with van der Waals surface area (Å²) in [6.45, 7) is 7.08. The third-order valence-electron chi connectivity index (χ3n) is 2.30. The lowest BCUT2D eigenvalue weighted by atomic mass is 10.3. The van der Waals surface area contributed by atoms with Gasteiger partial charge in [-0.1, -0.05) is 30.0 Å². The fourth-order valence-corrected chi connectivity index (χ4v) is 2.68. The van der Waals surface area contributed by atoms with Crippen LogP contribution in [0.2, 0.25) is 0 Å². The minimum absolute atomic E-state index is 0.312. The molecule has 0 aliphatic rings. The summed E-state index contributed by atoms with van der Waals surface area (Å²) in [6, 6.07) is 8.96. The van der Waals surface area contributed by atoms with Crippen LogP contribution >= 0.6 is 11.3 Å². The molecule has 16 heavy (non-hydrogen) atoms. The SMILES string of the molecule is [C-]#[N+]c1cc(=O)nc2sc3ccccc3n12. The zero-order chi connectivity index (χ0) is 11.1. The van der Waals surface area contributed by atoms with Gasteiger partial charge in [0.1, 0.15) is 5.52 Å². The first-order valence-electron chi connectivity index (χ1n) is 4.58. The van der Waals surface area contributed by atoms with Gasteiger partial charge in [0.15, 0.2) is 0 Å². The molecule has 4 nitrogen and oxygen atoms in total.